The minimum absolute atomic E-state index is 0.0174. The van der Waals surface area contributed by atoms with Crippen molar-refractivity contribution in [3.63, 3.8) is 0 Å². The van der Waals surface area contributed by atoms with Crippen LogP contribution >= 0.6 is 0 Å². The smallest absolute Gasteiger partial charge is 0.237 e. The summed E-state index contributed by atoms with van der Waals surface area (Å²) in [4.78, 5) is 13.9. The zero-order valence-electron chi connectivity index (χ0n) is 9.83. The fourth-order valence-corrected chi connectivity index (χ4v) is 1.92. The predicted molar refractivity (Wildman–Crippen MR) is 61.5 cm³/mol. The number of rotatable bonds is 5. The van der Waals surface area contributed by atoms with Crippen LogP contribution < -0.4 is 11.1 Å². The van der Waals surface area contributed by atoms with Crippen molar-refractivity contribution in [3.05, 3.63) is 0 Å². The second-order valence-corrected chi connectivity index (χ2v) is 4.51. The average Bonchev–Trinajstić information content (AvgIpc) is 2.60. The second-order valence-electron chi connectivity index (χ2n) is 4.51. The summed E-state index contributed by atoms with van der Waals surface area (Å²) in [6.45, 7) is 4.12. The Kier molecular flexibility index (Phi) is 5.05. The lowest BCUT2D eigenvalue weighted by Crippen LogP contribution is -2.46. The van der Waals surface area contributed by atoms with Crippen molar-refractivity contribution in [1.82, 2.24) is 10.2 Å². The van der Waals surface area contributed by atoms with Crippen molar-refractivity contribution in [2.24, 2.45) is 5.73 Å². The van der Waals surface area contributed by atoms with E-state index in [0.717, 1.165) is 38.8 Å². The van der Waals surface area contributed by atoms with Crippen molar-refractivity contribution in [2.75, 3.05) is 20.1 Å². The van der Waals surface area contributed by atoms with Crippen LogP contribution in [0.25, 0.3) is 0 Å². The first kappa shape index (κ1) is 12.5. The molecule has 1 amide bonds. The number of carbonyl (C=O) groups excluding carboxylic acids is 1. The van der Waals surface area contributed by atoms with Crippen molar-refractivity contribution in [3.8, 4) is 0 Å². The van der Waals surface area contributed by atoms with E-state index in [2.05, 4.69) is 24.2 Å². The van der Waals surface area contributed by atoms with Gasteiger partial charge < -0.3 is 16.0 Å². The molecule has 3 N–H and O–H groups in total. The van der Waals surface area contributed by atoms with Gasteiger partial charge >= 0.3 is 0 Å². The molecule has 2 unspecified atom stereocenters. The quantitative estimate of drug-likeness (QED) is 0.691. The number of likely N-dealkylation sites (tertiary alicyclic amines) is 1. The summed E-state index contributed by atoms with van der Waals surface area (Å²) in [5.41, 5.74) is 5.79. The van der Waals surface area contributed by atoms with Gasteiger partial charge in [-0.15, -0.1) is 0 Å². The zero-order valence-corrected chi connectivity index (χ0v) is 9.83. The fraction of sp³-hybridized carbons (Fsp3) is 0.909. The number of hydrogen-bond donors (Lipinski definition) is 2. The van der Waals surface area contributed by atoms with Gasteiger partial charge in [0.1, 0.15) is 0 Å². The molecule has 0 radical (unpaired) electrons. The predicted octanol–water partition coefficient (Wildman–Crippen LogP) is 0.324. The Morgan fingerprint density at radius 3 is 2.93 bits per heavy atom. The van der Waals surface area contributed by atoms with Gasteiger partial charge in [-0.1, -0.05) is 19.8 Å². The molecule has 0 aliphatic carbocycles. The van der Waals surface area contributed by atoms with Crippen LogP contribution in [0.4, 0.5) is 0 Å². The van der Waals surface area contributed by atoms with Crippen LogP contribution in [0.2, 0.25) is 0 Å². The van der Waals surface area contributed by atoms with E-state index in [-0.39, 0.29) is 11.9 Å². The van der Waals surface area contributed by atoms with Crippen LogP contribution in [0.3, 0.4) is 0 Å². The van der Waals surface area contributed by atoms with E-state index in [9.17, 15) is 4.79 Å². The van der Waals surface area contributed by atoms with Gasteiger partial charge in [-0.2, -0.15) is 0 Å². The van der Waals surface area contributed by atoms with Gasteiger partial charge in [-0.25, -0.2) is 0 Å². The molecule has 1 fully saturated rings. The highest BCUT2D eigenvalue weighted by Gasteiger charge is 2.23. The van der Waals surface area contributed by atoms with Crippen molar-refractivity contribution in [2.45, 2.75) is 44.7 Å². The van der Waals surface area contributed by atoms with Crippen LogP contribution in [-0.4, -0.2) is 43.0 Å². The number of hydrogen-bond acceptors (Lipinski definition) is 3. The molecule has 0 aromatic rings. The van der Waals surface area contributed by atoms with Crippen molar-refractivity contribution < 1.29 is 4.79 Å². The first-order valence-corrected chi connectivity index (χ1v) is 5.88. The molecule has 0 bridgehead atoms. The molecule has 88 valence electrons. The van der Waals surface area contributed by atoms with Crippen LogP contribution in [0.5, 0.6) is 0 Å². The van der Waals surface area contributed by atoms with Gasteiger partial charge in [0.2, 0.25) is 5.91 Å². The molecule has 0 saturated carbocycles. The maximum Gasteiger partial charge on any atom is 0.237 e. The van der Waals surface area contributed by atoms with E-state index in [1.165, 1.54) is 0 Å². The van der Waals surface area contributed by atoms with E-state index >= 15 is 0 Å². The highest BCUT2D eigenvalue weighted by molar-refractivity contribution is 5.81. The van der Waals surface area contributed by atoms with E-state index in [0.29, 0.717) is 6.04 Å². The Labute approximate surface area is 92.2 Å². The van der Waals surface area contributed by atoms with E-state index in [1.807, 2.05) is 0 Å². The molecule has 0 aromatic carbocycles. The Bertz CT molecular complexity index is 208. The van der Waals surface area contributed by atoms with Crippen molar-refractivity contribution >= 4 is 5.91 Å². The third kappa shape index (κ3) is 4.18. The van der Waals surface area contributed by atoms with Gasteiger partial charge in [-0.05, 0) is 26.4 Å². The topological polar surface area (TPSA) is 58.4 Å². The summed E-state index contributed by atoms with van der Waals surface area (Å²) in [5.74, 6) is 0.0174. The molecular weight excluding hydrogens is 190 g/mol. The Morgan fingerprint density at radius 2 is 2.40 bits per heavy atom. The minimum atomic E-state index is -0.323. The number of amides is 1. The third-order valence-corrected chi connectivity index (χ3v) is 2.94. The Balaban J connectivity index is 2.22. The summed E-state index contributed by atoms with van der Waals surface area (Å²) in [6.07, 6.45) is 3.96. The molecule has 1 aliphatic rings. The summed E-state index contributed by atoms with van der Waals surface area (Å²) in [5, 5.41) is 3.01. The van der Waals surface area contributed by atoms with E-state index < -0.39 is 0 Å². The molecule has 4 nitrogen and oxygen atoms in total. The number of nitrogens with two attached hydrogens (primary N) is 1. The lowest BCUT2D eigenvalue weighted by Gasteiger charge is -2.16. The minimum Gasteiger partial charge on any atom is -0.351 e. The summed E-state index contributed by atoms with van der Waals surface area (Å²) < 4.78 is 0. The largest absolute Gasteiger partial charge is 0.351 e. The lowest BCUT2D eigenvalue weighted by atomic mass is 10.1. The maximum atomic E-state index is 11.7. The molecule has 2 atom stereocenters. The fourth-order valence-electron chi connectivity index (χ4n) is 1.92. The Hall–Kier alpha value is -0.610. The van der Waals surface area contributed by atoms with Gasteiger partial charge in [0, 0.05) is 12.6 Å². The van der Waals surface area contributed by atoms with Crippen LogP contribution in [0.15, 0.2) is 0 Å². The third-order valence-electron chi connectivity index (χ3n) is 2.94. The maximum absolute atomic E-state index is 11.7. The standard InChI is InChI=1S/C11H23N3O/c1-3-4-5-10(12)11(15)13-9-6-7-14(2)8-9/h9-10H,3-8,12H2,1-2H3,(H,13,15). The average molecular weight is 213 g/mol. The van der Waals surface area contributed by atoms with Crippen LogP contribution in [-0.2, 0) is 4.79 Å². The molecule has 1 aliphatic heterocycles. The summed E-state index contributed by atoms with van der Waals surface area (Å²) in [6, 6.07) is -0.0222. The summed E-state index contributed by atoms with van der Waals surface area (Å²) >= 11 is 0. The molecule has 0 aromatic heterocycles. The molecule has 1 saturated heterocycles. The number of nitrogens with zero attached hydrogens (tertiary/aromatic N) is 1. The number of carbonyl (C=O) groups is 1. The van der Waals surface area contributed by atoms with Crippen molar-refractivity contribution in [1.29, 1.82) is 0 Å². The van der Waals surface area contributed by atoms with Gasteiger partial charge in [-0.3, -0.25) is 4.79 Å². The normalized spacial score (nSPS) is 24.1. The number of likely N-dealkylation sites (N-methyl/N-ethyl adjacent to an activating group) is 1. The molecule has 15 heavy (non-hydrogen) atoms. The lowest BCUT2D eigenvalue weighted by molar-refractivity contribution is -0.123. The first-order chi connectivity index (χ1) is 7.13. The zero-order chi connectivity index (χ0) is 11.3. The number of nitrogens with one attached hydrogen (secondary N) is 1. The monoisotopic (exact) mass is 213 g/mol. The first-order valence-electron chi connectivity index (χ1n) is 5.88. The Morgan fingerprint density at radius 1 is 1.67 bits per heavy atom. The molecule has 0 spiro atoms. The molecule has 4 heteroatoms. The van der Waals surface area contributed by atoms with Gasteiger partial charge in [0.25, 0.3) is 0 Å². The SMILES string of the molecule is CCCCC(N)C(=O)NC1CCN(C)C1. The van der Waals surface area contributed by atoms with Gasteiger partial charge in [0.05, 0.1) is 6.04 Å². The second kappa shape index (κ2) is 6.08. The van der Waals surface area contributed by atoms with Crippen LogP contribution in [0.1, 0.15) is 32.6 Å². The molecule has 1 rings (SSSR count). The highest BCUT2D eigenvalue weighted by Crippen LogP contribution is 2.07. The highest BCUT2D eigenvalue weighted by atomic mass is 16.2. The van der Waals surface area contributed by atoms with E-state index in [1.54, 1.807) is 0 Å². The van der Waals surface area contributed by atoms with Crippen LogP contribution in [0, 0.1) is 0 Å². The number of unbranched alkanes of at least 4 members (excludes halogenated alkanes) is 1. The van der Waals surface area contributed by atoms with Gasteiger partial charge in [0.15, 0.2) is 0 Å². The molecule has 1 heterocycles. The van der Waals surface area contributed by atoms with E-state index in [4.69, 9.17) is 5.73 Å². The summed E-state index contributed by atoms with van der Waals surface area (Å²) in [7, 11) is 2.07. The molecular formula is C11H23N3O.